The Morgan fingerprint density at radius 3 is 2.46 bits per heavy atom. The van der Waals surface area contributed by atoms with E-state index in [1.165, 1.54) is 98.8 Å². The highest BCUT2D eigenvalue weighted by atomic mass is 16.1. The maximum absolute atomic E-state index is 12.3. The van der Waals surface area contributed by atoms with Crippen LogP contribution in [0.2, 0.25) is 0 Å². The number of aromatic nitrogens is 1. The first-order chi connectivity index (χ1) is 18.1. The number of rotatable bonds is 6. The molecule has 0 N–H and O–H groups in total. The lowest BCUT2D eigenvalue weighted by Gasteiger charge is -2.33. The van der Waals surface area contributed by atoms with Crippen molar-refractivity contribution in [2.24, 2.45) is 5.92 Å². The zero-order chi connectivity index (χ0) is 25.4. The number of hydrogen-bond acceptors (Lipinski definition) is 3. The average molecular weight is 498 g/mol. The van der Waals surface area contributed by atoms with E-state index in [1.807, 2.05) is 0 Å². The number of likely N-dealkylation sites (tertiary alicyclic amines) is 1. The molecule has 0 unspecified atom stereocenters. The van der Waals surface area contributed by atoms with Gasteiger partial charge < -0.3 is 14.4 Å². The summed E-state index contributed by atoms with van der Waals surface area (Å²) in [6, 6.07) is 15.6. The number of nitrogens with zero attached hydrogens (tertiary/aromatic N) is 3. The van der Waals surface area contributed by atoms with Crippen LogP contribution in [0.5, 0.6) is 0 Å². The van der Waals surface area contributed by atoms with E-state index in [0.717, 1.165) is 31.1 Å². The van der Waals surface area contributed by atoms with E-state index in [4.69, 9.17) is 0 Å². The zero-order valence-electron chi connectivity index (χ0n) is 22.8. The number of carbonyl (C=O) groups excluding carboxylic acids is 1. The lowest BCUT2D eigenvalue weighted by Crippen LogP contribution is -2.35. The quantitative estimate of drug-likeness (QED) is 0.330. The van der Waals surface area contributed by atoms with Gasteiger partial charge in [-0.25, -0.2) is 0 Å². The van der Waals surface area contributed by atoms with E-state index in [-0.39, 0.29) is 5.78 Å². The average Bonchev–Trinajstić information content (AvgIpc) is 3.18. The smallest absolute Gasteiger partial charge is 0.159 e. The first-order valence-corrected chi connectivity index (χ1v) is 14.9. The number of piperidine rings is 1. The largest absolute Gasteiger partial charge is 0.369 e. The summed E-state index contributed by atoms with van der Waals surface area (Å²) in [5.41, 5.74) is 7.85. The molecule has 1 aromatic heterocycles. The van der Waals surface area contributed by atoms with Crippen molar-refractivity contribution in [2.45, 2.75) is 77.7 Å². The summed E-state index contributed by atoms with van der Waals surface area (Å²) in [5, 5.41) is 1.37. The van der Waals surface area contributed by atoms with E-state index in [1.54, 1.807) is 12.5 Å². The SMILES string of the molecule is CCN1CCC(CCN2CCn3c(c(C4CCCCC4)c4ccc(C(C)=O)cc43)-c3ccccc32)CC1. The van der Waals surface area contributed by atoms with Crippen molar-refractivity contribution >= 4 is 22.4 Å². The van der Waals surface area contributed by atoms with Crippen LogP contribution < -0.4 is 4.90 Å². The lowest BCUT2D eigenvalue weighted by molar-refractivity contribution is 0.101. The summed E-state index contributed by atoms with van der Waals surface area (Å²) in [6.07, 6.45) is 10.5. The van der Waals surface area contributed by atoms with Crippen LogP contribution in [-0.4, -0.2) is 48.0 Å². The van der Waals surface area contributed by atoms with E-state index < -0.39 is 0 Å². The van der Waals surface area contributed by atoms with Gasteiger partial charge in [0.2, 0.25) is 0 Å². The highest BCUT2D eigenvalue weighted by Crippen LogP contribution is 2.47. The van der Waals surface area contributed by atoms with E-state index >= 15 is 0 Å². The van der Waals surface area contributed by atoms with E-state index in [9.17, 15) is 4.79 Å². The summed E-state index contributed by atoms with van der Waals surface area (Å²) >= 11 is 0. The van der Waals surface area contributed by atoms with E-state index in [0.29, 0.717) is 5.92 Å². The summed E-state index contributed by atoms with van der Waals surface area (Å²) in [5.74, 6) is 1.61. The molecule has 0 spiro atoms. The minimum atomic E-state index is 0.154. The van der Waals surface area contributed by atoms with Gasteiger partial charge in [-0.2, -0.15) is 0 Å². The molecule has 2 aromatic carbocycles. The Kier molecular flexibility index (Phi) is 7.12. The van der Waals surface area contributed by atoms with Crippen molar-refractivity contribution in [3.63, 3.8) is 0 Å². The fourth-order valence-corrected chi connectivity index (χ4v) is 7.38. The fourth-order valence-electron chi connectivity index (χ4n) is 7.38. The van der Waals surface area contributed by atoms with Gasteiger partial charge in [0.15, 0.2) is 5.78 Å². The van der Waals surface area contributed by atoms with Crippen LogP contribution in [0.1, 0.15) is 87.1 Å². The molecule has 6 rings (SSSR count). The maximum atomic E-state index is 12.3. The van der Waals surface area contributed by atoms with Gasteiger partial charge in [0.05, 0.1) is 5.69 Å². The Hall–Kier alpha value is -2.59. The third kappa shape index (κ3) is 4.74. The number of hydrogen-bond donors (Lipinski definition) is 0. The summed E-state index contributed by atoms with van der Waals surface area (Å²) < 4.78 is 2.57. The molecule has 4 heteroatoms. The molecule has 0 bridgehead atoms. The normalized spacial score (nSPS) is 19.6. The molecule has 3 aromatic rings. The monoisotopic (exact) mass is 497 g/mol. The van der Waals surface area contributed by atoms with Crippen molar-refractivity contribution < 1.29 is 4.79 Å². The maximum Gasteiger partial charge on any atom is 0.159 e. The van der Waals surface area contributed by atoms with Crippen LogP contribution in [0.15, 0.2) is 42.5 Å². The van der Waals surface area contributed by atoms with Crippen LogP contribution in [0.4, 0.5) is 5.69 Å². The second kappa shape index (κ2) is 10.6. The van der Waals surface area contributed by atoms with Gasteiger partial charge in [-0.3, -0.25) is 4.79 Å². The Morgan fingerprint density at radius 2 is 1.70 bits per heavy atom. The molecule has 4 nitrogen and oxygen atoms in total. The molecule has 3 heterocycles. The van der Waals surface area contributed by atoms with Gasteiger partial charge in [-0.1, -0.05) is 56.5 Å². The Labute approximate surface area is 222 Å². The van der Waals surface area contributed by atoms with Gasteiger partial charge in [0, 0.05) is 47.4 Å². The molecule has 2 aliphatic heterocycles. The molecule has 3 aliphatic rings. The zero-order valence-corrected chi connectivity index (χ0v) is 22.8. The third-order valence-corrected chi connectivity index (χ3v) is 9.58. The van der Waals surface area contributed by atoms with Crippen LogP contribution >= 0.6 is 0 Å². The molecule has 0 radical (unpaired) electrons. The van der Waals surface area contributed by atoms with Crippen LogP contribution in [0, 0.1) is 5.92 Å². The van der Waals surface area contributed by atoms with Crippen molar-refractivity contribution in [1.82, 2.24) is 9.47 Å². The molecule has 1 saturated heterocycles. The van der Waals surface area contributed by atoms with Gasteiger partial charge in [0.25, 0.3) is 0 Å². The first-order valence-electron chi connectivity index (χ1n) is 14.9. The molecule has 1 aliphatic carbocycles. The van der Waals surface area contributed by atoms with Gasteiger partial charge in [-0.05, 0) is 88.2 Å². The molecule has 37 heavy (non-hydrogen) atoms. The van der Waals surface area contributed by atoms with Crippen molar-refractivity contribution in [2.75, 3.05) is 37.6 Å². The Morgan fingerprint density at radius 1 is 0.919 bits per heavy atom. The molecule has 1 saturated carbocycles. The first kappa shape index (κ1) is 24.7. The van der Waals surface area contributed by atoms with E-state index in [2.05, 4.69) is 63.8 Å². The molecule has 196 valence electrons. The number of ketones is 1. The predicted molar refractivity (Wildman–Crippen MR) is 155 cm³/mol. The van der Waals surface area contributed by atoms with Gasteiger partial charge in [-0.15, -0.1) is 0 Å². The highest BCUT2D eigenvalue weighted by molar-refractivity contribution is 6.01. The second-order valence-corrected chi connectivity index (χ2v) is 11.7. The summed E-state index contributed by atoms with van der Waals surface area (Å²) in [6.45, 7) is 10.8. The molecule has 0 atom stereocenters. The topological polar surface area (TPSA) is 28.5 Å². The predicted octanol–water partition coefficient (Wildman–Crippen LogP) is 7.50. The van der Waals surface area contributed by atoms with Crippen LogP contribution in [0.25, 0.3) is 22.2 Å². The molecule has 2 fully saturated rings. The second-order valence-electron chi connectivity index (χ2n) is 11.7. The Balaban J connectivity index is 1.39. The fraction of sp³-hybridized carbons (Fsp3) is 0.545. The van der Waals surface area contributed by atoms with Gasteiger partial charge >= 0.3 is 0 Å². The third-order valence-electron chi connectivity index (χ3n) is 9.58. The molecule has 0 amide bonds. The van der Waals surface area contributed by atoms with Gasteiger partial charge in [0.1, 0.15) is 0 Å². The number of benzene rings is 2. The van der Waals surface area contributed by atoms with Crippen molar-refractivity contribution in [1.29, 1.82) is 0 Å². The minimum Gasteiger partial charge on any atom is -0.369 e. The number of Topliss-reactive ketones (excluding diaryl/α,β-unsaturated/α-hetero) is 1. The van der Waals surface area contributed by atoms with Crippen molar-refractivity contribution in [3.8, 4) is 11.3 Å². The summed E-state index contributed by atoms with van der Waals surface area (Å²) in [7, 11) is 0. The number of carbonyl (C=O) groups is 1. The van der Waals surface area contributed by atoms with Crippen LogP contribution in [-0.2, 0) is 6.54 Å². The minimum absolute atomic E-state index is 0.154. The van der Waals surface area contributed by atoms with Crippen LogP contribution in [0.3, 0.4) is 0 Å². The highest BCUT2D eigenvalue weighted by Gasteiger charge is 2.30. The molecular weight excluding hydrogens is 454 g/mol. The number of anilines is 1. The number of fused-ring (bicyclic) bond motifs is 5. The summed E-state index contributed by atoms with van der Waals surface area (Å²) in [4.78, 5) is 17.6. The van der Waals surface area contributed by atoms with Crippen molar-refractivity contribution in [3.05, 3.63) is 53.6 Å². The Bertz CT molecular complexity index is 1260. The molecular formula is C33H43N3O. The lowest BCUT2D eigenvalue weighted by atomic mass is 9.81. The number of para-hydroxylation sites is 1. The standard InChI is InChI=1S/C33H43N3O/c1-3-34-18-15-25(16-19-34)17-20-35-21-22-36-31-23-27(24(2)37)13-14-28(31)32(26-9-5-4-6-10-26)33(36)29-11-7-8-12-30(29)35/h7-8,11-14,23,25-26H,3-6,9-10,15-22H2,1-2H3.